The molecule has 2 aromatic rings. The van der Waals surface area contributed by atoms with Crippen LogP contribution in [0.4, 0.5) is 0 Å². The predicted molar refractivity (Wildman–Crippen MR) is 121 cm³/mol. The highest BCUT2D eigenvalue weighted by Gasteiger charge is 2.46. The zero-order valence-corrected chi connectivity index (χ0v) is 19.2. The average molecular weight is 439 g/mol. The second-order valence-corrected chi connectivity index (χ2v) is 8.79. The van der Waals surface area contributed by atoms with Gasteiger partial charge < -0.3 is 19.5 Å². The fourth-order valence-electron chi connectivity index (χ4n) is 3.97. The number of Topliss-reactive ketones (excluding diaryl/α,β-unsaturated/α-hetero) is 1. The van der Waals surface area contributed by atoms with Gasteiger partial charge >= 0.3 is 0 Å². The van der Waals surface area contributed by atoms with E-state index in [2.05, 4.69) is 4.98 Å². The Morgan fingerprint density at radius 2 is 1.94 bits per heavy atom. The summed E-state index contributed by atoms with van der Waals surface area (Å²) in [5, 5.41) is 11.3. The fraction of sp³-hybridized carbons (Fsp3) is 0.400. The number of carbonyl (C=O) groups is 2. The second-order valence-electron chi connectivity index (χ2n) is 8.79. The molecule has 0 saturated carbocycles. The summed E-state index contributed by atoms with van der Waals surface area (Å²) in [6.45, 7) is 6.90. The van der Waals surface area contributed by atoms with Gasteiger partial charge in [-0.1, -0.05) is 26.8 Å². The number of hydrogen-bond acceptors (Lipinski definition) is 6. The SMILES string of the molecule is COCCCN1C(=O)C(=O)/C(=C(\O)c2ccc(OC)c(C(C)(C)C)c2)C1c1cccnc1. The van der Waals surface area contributed by atoms with Crippen molar-refractivity contribution in [1.29, 1.82) is 0 Å². The Morgan fingerprint density at radius 1 is 1.19 bits per heavy atom. The molecule has 2 heterocycles. The Bertz CT molecular complexity index is 1020. The first-order valence-corrected chi connectivity index (χ1v) is 10.6. The van der Waals surface area contributed by atoms with Gasteiger partial charge in [0.15, 0.2) is 0 Å². The Kier molecular flexibility index (Phi) is 6.99. The summed E-state index contributed by atoms with van der Waals surface area (Å²) in [6, 6.07) is 8.10. The molecule has 1 amide bonds. The minimum atomic E-state index is -0.722. The molecule has 7 heteroatoms. The number of nitrogens with zero attached hydrogens (tertiary/aromatic N) is 2. The van der Waals surface area contributed by atoms with Crippen LogP contribution < -0.4 is 4.74 Å². The maximum Gasteiger partial charge on any atom is 0.295 e. The lowest BCUT2D eigenvalue weighted by Gasteiger charge is -2.25. The number of ether oxygens (including phenoxy) is 2. The van der Waals surface area contributed by atoms with E-state index in [1.54, 1.807) is 50.9 Å². The highest BCUT2D eigenvalue weighted by atomic mass is 16.5. The van der Waals surface area contributed by atoms with Gasteiger partial charge in [-0.05, 0) is 41.7 Å². The van der Waals surface area contributed by atoms with Gasteiger partial charge in [0.25, 0.3) is 11.7 Å². The summed E-state index contributed by atoms with van der Waals surface area (Å²) in [7, 11) is 3.18. The fourth-order valence-corrected chi connectivity index (χ4v) is 3.97. The summed E-state index contributed by atoms with van der Waals surface area (Å²) in [5.41, 5.74) is 1.81. The maximum atomic E-state index is 13.1. The van der Waals surface area contributed by atoms with Gasteiger partial charge in [0.05, 0.1) is 18.7 Å². The van der Waals surface area contributed by atoms with Gasteiger partial charge in [-0.2, -0.15) is 0 Å². The molecule has 3 rings (SSSR count). The number of rotatable bonds is 7. The lowest BCUT2D eigenvalue weighted by molar-refractivity contribution is -0.140. The maximum absolute atomic E-state index is 13.1. The van der Waals surface area contributed by atoms with Gasteiger partial charge in [-0.25, -0.2) is 0 Å². The van der Waals surface area contributed by atoms with Crippen molar-refractivity contribution in [2.45, 2.75) is 38.6 Å². The van der Waals surface area contributed by atoms with Gasteiger partial charge in [0.2, 0.25) is 0 Å². The third-order valence-corrected chi connectivity index (χ3v) is 5.57. The Balaban J connectivity index is 2.16. The number of aromatic nitrogens is 1. The van der Waals surface area contributed by atoms with Crippen LogP contribution in [-0.4, -0.2) is 54.1 Å². The van der Waals surface area contributed by atoms with Gasteiger partial charge in [-0.3, -0.25) is 14.6 Å². The van der Waals surface area contributed by atoms with Crippen LogP contribution in [0, 0.1) is 0 Å². The molecule has 1 aromatic heterocycles. The highest BCUT2D eigenvalue weighted by Crippen LogP contribution is 2.40. The van der Waals surface area contributed by atoms with E-state index >= 15 is 0 Å². The largest absolute Gasteiger partial charge is 0.507 e. The molecule has 0 spiro atoms. The summed E-state index contributed by atoms with van der Waals surface area (Å²) in [5.74, 6) is -0.861. The molecule has 7 nitrogen and oxygen atoms in total. The molecule has 1 aromatic carbocycles. The van der Waals surface area contributed by atoms with Crippen molar-refractivity contribution in [2.75, 3.05) is 27.4 Å². The highest BCUT2D eigenvalue weighted by molar-refractivity contribution is 6.46. The van der Waals surface area contributed by atoms with Crippen LogP contribution in [0.5, 0.6) is 5.75 Å². The molecule has 1 saturated heterocycles. The van der Waals surface area contributed by atoms with Crippen molar-refractivity contribution in [3.05, 3.63) is 65.0 Å². The number of amides is 1. The number of methoxy groups -OCH3 is 2. The number of aliphatic hydroxyl groups excluding tert-OH is 1. The van der Waals surface area contributed by atoms with E-state index in [9.17, 15) is 14.7 Å². The monoisotopic (exact) mass is 438 g/mol. The number of ketones is 1. The van der Waals surface area contributed by atoms with Crippen LogP contribution in [-0.2, 0) is 19.7 Å². The van der Waals surface area contributed by atoms with Crippen LogP contribution >= 0.6 is 0 Å². The van der Waals surface area contributed by atoms with Crippen molar-refractivity contribution in [3.8, 4) is 5.75 Å². The first kappa shape index (κ1) is 23.5. The van der Waals surface area contributed by atoms with Crippen LogP contribution in [0.25, 0.3) is 5.76 Å². The Hall–Kier alpha value is -3.19. The van der Waals surface area contributed by atoms with E-state index in [1.807, 2.05) is 26.8 Å². The summed E-state index contributed by atoms with van der Waals surface area (Å²) < 4.78 is 10.6. The molecule has 32 heavy (non-hydrogen) atoms. The number of hydrogen-bond donors (Lipinski definition) is 1. The molecule has 0 aliphatic carbocycles. The lowest BCUT2D eigenvalue weighted by Crippen LogP contribution is -2.31. The molecule has 1 aliphatic rings. The van der Waals surface area contributed by atoms with Crippen LogP contribution in [0.3, 0.4) is 0 Å². The molecular weight excluding hydrogens is 408 g/mol. The number of pyridine rings is 1. The van der Waals surface area contributed by atoms with E-state index in [0.29, 0.717) is 36.4 Å². The third kappa shape index (κ3) is 4.53. The van der Waals surface area contributed by atoms with E-state index in [-0.39, 0.29) is 16.7 Å². The zero-order valence-electron chi connectivity index (χ0n) is 19.2. The summed E-state index contributed by atoms with van der Waals surface area (Å²) >= 11 is 0. The zero-order chi connectivity index (χ0) is 23.5. The third-order valence-electron chi connectivity index (χ3n) is 5.57. The van der Waals surface area contributed by atoms with E-state index < -0.39 is 17.7 Å². The quantitative estimate of drug-likeness (QED) is 0.306. The number of carbonyl (C=O) groups excluding carboxylic acids is 2. The molecule has 0 radical (unpaired) electrons. The molecule has 1 atom stereocenters. The topological polar surface area (TPSA) is 89.0 Å². The van der Waals surface area contributed by atoms with Crippen molar-refractivity contribution in [1.82, 2.24) is 9.88 Å². The van der Waals surface area contributed by atoms with E-state index in [4.69, 9.17) is 9.47 Å². The van der Waals surface area contributed by atoms with Crippen LogP contribution in [0.15, 0.2) is 48.3 Å². The van der Waals surface area contributed by atoms with E-state index in [0.717, 1.165) is 5.56 Å². The molecule has 0 bridgehead atoms. The number of likely N-dealkylation sites (tertiary alicyclic amines) is 1. The van der Waals surface area contributed by atoms with Gasteiger partial charge in [0.1, 0.15) is 11.5 Å². The van der Waals surface area contributed by atoms with Gasteiger partial charge in [0, 0.05) is 43.8 Å². The molecule has 1 fully saturated rings. The standard InChI is InChI=1S/C25H30N2O5/c1-25(2,3)18-14-16(9-10-19(18)32-5)22(28)20-21(17-8-6-11-26-15-17)27(12-7-13-31-4)24(30)23(20)29/h6,8-11,14-15,21,28H,7,12-13H2,1-5H3/b22-20-. The minimum absolute atomic E-state index is 0.0606. The van der Waals surface area contributed by atoms with Crippen molar-refractivity contribution in [3.63, 3.8) is 0 Å². The molecule has 1 aliphatic heterocycles. The number of benzene rings is 1. The lowest BCUT2D eigenvalue weighted by atomic mass is 9.84. The van der Waals surface area contributed by atoms with E-state index in [1.165, 1.54) is 4.90 Å². The van der Waals surface area contributed by atoms with Crippen LogP contribution in [0.2, 0.25) is 0 Å². The molecule has 1 unspecified atom stereocenters. The van der Waals surface area contributed by atoms with Crippen LogP contribution in [0.1, 0.15) is 49.9 Å². The summed E-state index contributed by atoms with van der Waals surface area (Å²) in [6.07, 6.45) is 3.80. The smallest absolute Gasteiger partial charge is 0.295 e. The normalized spacial score (nSPS) is 18.3. The van der Waals surface area contributed by atoms with Gasteiger partial charge in [-0.15, -0.1) is 0 Å². The van der Waals surface area contributed by atoms with Crippen molar-refractivity contribution < 1.29 is 24.2 Å². The van der Waals surface area contributed by atoms with Crippen molar-refractivity contribution in [2.24, 2.45) is 0 Å². The first-order chi connectivity index (χ1) is 15.2. The number of aliphatic hydroxyl groups is 1. The molecule has 170 valence electrons. The summed E-state index contributed by atoms with van der Waals surface area (Å²) in [4.78, 5) is 31.6. The predicted octanol–water partition coefficient (Wildman–Crippen LogP) is 3.85. The minimum Gasteiger partial charge on any atom is -0.507 e. The average Bonchev–Trinajstić information content (AvgIpc) is 3.03. The molecule has 1 N–H and O–H groups in total. The Labute approximate surface area is 188 Å². The Morgan fingerprint density at radius 3 is 2.53 bits per heavy atom. The first-order valence-electron chi connectivity index (χ1n) is 10.6. The van der Waals surface area contributed by atoms with Crippen molar-refractivity contribution >= 4 is 17.4 Å². The second kappa shape index (κ2) is 9.53. The molecular formula is C25H30N2O5.